The van der Waals surface area contributed by atoms with Crippen LogP contribution in [-0.2, 0) is 4.79 Å². The van der Waals surface area contributed by atoms with Crippen LogP contribution in [0.1, 0.15) is 6.92 Å². The Labute approximate surface area is 127 Å². The van der Waals surface area contributed by atoms with Gasteiger partial charge in [-0.1, -0.05) is 41.4 Å². The van der Waals surface area contributed by atoms with Gasteiger partial charge in [-0.15, -0.1) is 0 Å². The van der Waals surface area contributed by atoms with Crippen molar-refractivity contribution in [3.63, 3.8) is 0 Å². The third-order valence-electron chi connectivity index (χ3n) is 2.74. The SMILES string of the molecule is CC(Nc1cc(Cl)ccc1Cl)C(=O)Nc1ccccc1. The summed E-state index contributed by atoms with van der Waals surface area (Å²) in [7, 11) is 0. The fourth-order valence-electron chi connectivity index (χ4n) is 1.68. The van der Waals surface area contributed by atoms with Gasteiger partial charge in [-0.2, -0.15) is 0 Å². The van der Waals surface area contributed by atoms with Gasteiger partial charge < -0.3 is 10.6 Å². The van der Waals surface area contributed by atoms with Crippen LogP contribution in [0.2, 0.25) is 10.0 Å². The number of halogens is 2. The monoisotopic (exact) mass is 308 g/mol. The van der Waals surface area contributed by atoms with Gasteiger partial charge in [-0.3, -0.25) is 4.79 Å². The Kier molecular flexibility index (Phi) is 4.88. The molecule has 20 heavy (non-hydrogen) atoms. The van der Waals surface area contributed by atoms with Gasteiger partial charge in [0.2, 0.25) is 5.91 Å². The predicted molar refractivity (Wildman–Crippen MR) is 84.6 cm³/mol. The van der Waals surface area contributed by atoms with Crippen LogP contribution in [0.3, 0.4) is 0 Å². The summed E-state index contributed by atoms with van der Waals surface area (Å²) in [5.74, 6) is -0.146. The van der Waals surface area contributed by atoms with Crippen LogP contribution in [0.4, 0.5) is 11.4 Å². The van der Waals surface area contributed by atoms with Gasteiger partial charge in [0.15, 0.2) is 0 Å². The van der Waals surface area contributed by atoms with E-state index in [0.717, 1.165) is 5.69 Å². The minimum Gasteiger partial charge on any atom is -0.373 e. The van der Waals surface area contributed by atoms with E-state index in [1.54, 1.807) is 25.1 Å². The molecule has 0 aliphatic heterocycles. The summed E-state index contributed by atoms with van der Waals surface area (Å²) in [6.07, 6.45) is 0. The Morgan fingerprint density at radius 2 is 1.80 bits per heavy atom. The summed E-state index contributed by atoms with van der Waals surface area (Å²) in [5, 5.41) is 6.95. The van der Waals surface area contributed by atoms with E-state index in [-0.39, 0.29) is 5.91 Å². The van der Waals surface area contributed by atoms with E-state index in [1.807, 2.05) is 30.3 Å². The molecule has 104 valence electrons. The molecule has 0 radical (unpaired) electrons. The molecule has 3 nitrogen and oxygen atoms in total. The first-order valence-corrected chi connectivity index (χ1v) is 6.89. The van der Waals surface area contributed by atoms with Crippen molar-refractivity contribution in [3.8, 4) is 0 Å². The summed E-state index contributed by atoms with van der Waals surface area (Å²) in [4.78, 5) is 12.1. The average Bonchev–Trinajstić information content (AvgIpc) is 2.44. The van der Waals surface area contributed by atoms with Crippen molar-refractivity contribution in [2.45, 2.75) is 13.0 Å². The molecule has 0 aliphatic carbocycles. The maximum atomic E-state index is 12.1. The quantitative estimate of drug-likeness (QED) is 0.877. The first-order chi connectivity index (χ1) is 9.56. The highest BCUT2D eigenvalue weighted by Gasteiger charge is 2.14. The number of rotatable bonds is 4. The van der Waals surface area contributed by atoms with Gasteiger partial charge in [0.05, 0.1) is 10.7 Å². The smallest absolute Gasteiger partial charge is 0.246 e. The summed E-state index contributed by atoms with van der Waals surface area (Å²) in [6.45, 7) is 1.76. The van der Waals surface area contributed by atoms with E-state index in [0.29, 0.717) is 15.7 Å². The number of carbonyl (C=O) groups is 1. The molecule has 0 spiro atoms. The number of carbonyl (C=O) groups excluding carboxylic acids is 1. The number of amides is 1. The zero-order chi connectivity index (χ0) is 14.5. The predicted octanol–water partition coefficient (Wildman–Crippen LogP) is 4.43. The van der Waals surface area contributed by atoms with Crippen LogP contribution < -0.4 is 10.6 Å². The topological polar surface area (TPSA) is 41.1 Å². The molecule has 0 saturated carbocycles. The second kappa shape index (κ2) is 6.64. The number of nitrogens with one attached hydrogen (secondary N) is 2. The summed E-state index contributed by atoms with van der Waals surface area (Å²) in [6, 6.07) is 13.9. The van der Waals surface area contributed by atoms with E-state index in [1.165, 1.54) is 0 Å². The van der Waals surface area contributed by atoms with Crippen LogP contribution in [-0.4, -0.2) is 11.9 Å². The third kappa shape index (κ3) is 3.89. The molecule has 2 rings (SSSR count). The molecule has 0 fully saturated rings. The van der Waals surface area contributed by atoms with E-state index in [9.17, 15) is 4.79 Å². The molecule has 0 aromatic heterocycles. The Morgan fingerprint density at radius 1 is 1.10 bits per heavy atom. The van der Waals surface area contributed by atoms with Gasteiger partial charge in [0.1, 0.15) is 6.04 Å². The van der Waals surface area contributed by atoms with Crippen LogP contribution in [0.25, 0.3) is 0 Å². The van der Waals surface area contributed by atoms with Crippen molar-refractivity contribution in [2.24, 2.45) is 0 Å². The molecule has 0 heterocycles. The fourth-order valence-corrected chi connectivity index (χ4v) is 2.02. The molecule has 1 atom stereocenters. The molecule has 0 aliphatic rings. The van der Waals surface area contributed by atoms with Crippen molar-refractivity contribution in [1.82, 2.24) is 0 Å². The third-order valence-corrected chi connectivity index (χ3v) is 3.30. The average molecular weight is 309 g/mol. The first-order valence-electron chi connectivity index (χ1n) is 6.14. The van der Waals surface area contributed by atoms with Crippen molar-refractivity contribution in [1.29, 1.82) is 0 Å². The summed E-state index contributed by atoms with van der Waals surface area (Å²) >= 11 is 12.0. The lowest BCUT2D eigenvalue weighted by Crippen LogP contribution is -2.31. The zero-order valence-electron chi connectivity index (χ0n) is 10.9. The van der Waals surface area contributed by atoms with Gasteiger partial charge in [0, 0.05) is 10.7 Å². The molecule has 1 amide bonds. The molecule has 2 N–H and O–H groups in total. The molecule has 2 aromatic rings. The number of para-hydroxylation sites is 1. The summed E-state index contributed by atoms with van der Waals surface area (Å²) < 4.78 is 0. The second-order valence-electron chi connectivity index (χ2n) is 4.35. The van der Waals surface area contributed by atoms with Crippen LogP contribution in [0.15, 0.2) is 48.5 Å². The molecule has 1 unspecified atom stereocenters. The van der Waals surface area contributed by atoms with Crippen LogP contribution in [0.5, 0.6) is 0 Å². The molecular weight excluding hydrogens is 295 g/mol. The van der Waals surface area contributed by atoms with E-state index in [4.69, 9.17) is 23.2 Å². The largest absolute Gasteiger partial charge is 0.373 e. The lowest BCUT2D eigenvalue weighted by atomic mass is 10.2. The molecular formula is C15H14Cl2N2O. The van der Waals surface area contributed by atoms with Gasteiger partial charge >= 0.3 is 0 Å². The maximum Gasteiger partial charge on any atom is 0.246 e. The Hall–Kier alpha value is -1.71. The van der Waals surface area contributed by atoms with Gasteiger partial charge in [-0.25, -0.2) is 0 Å². The Balaban J connectivity index is 2.02. The maximum absolute atomic E-state index is 12.1. The van der Waals surface area contributed by atoms with Crippen molar-refractivity contribution >= 4 is 40.5 Å². The Morgan fingerprint density at radius 3 is 2.50 bits per heavy atom. The highest BCUT2D eigenvalue weighted by Crippen LogP contribution is 2.26. The van der Waals surface area contributed by atoms with Crippen LogP contribution in [0, 0.1) is 0 Å². The van der Waals surface area contributed by atoms with Gasteiger partial charge in [0.25, 0.3) is 0 Å². The van der Waals surface area contributed by atoms with E-state index < -0.39 is 6.04 Å². The highest BCUT2D eigenvalue weighted by atomic mass is 35.5. The fraction of sp³-hybridized carbons (Fsp3) is 0.133. The van der Waals surface area contributed by atoms with E-state index in [2.05, 4.69) is 10.6 Å². The normalized spacial score (nSPS) is 11.8. The number of hydrogen-bond donors (Lipinski definition) is 2. The molecule has 2 aromatic carbocycles. The molecule has 5 heteroatoms. The summed E-state index contributed by atoms with van der Waals surface area (Å²) in [5.41, 5.74) is 1.39. The molecule has 0 saturated heterocycles. The van der Waals surface area contributed by atoms with Gasteiger partial charge in [-0.05, 0) is 37.3 Å². The van der Waals surface area contributed by atoms with E-state index >= 15 is 0 Å². The Bertz CT molecular complexity index is 602. The lowest BCUT2D eigenvalue weighted by molar-refractivity contribution is -0.116. The number of anilines is 2. The standard InChI is InChI=1S/C15H14Cl2N2O/c1-10(15(20)19-12-5-3-2-4-6-12)18-14-9-11(16)7-8-13(14)17/h2-10,18H,1H3,(H,19,20). The van der Waals surface area contributed by atoms with Crippen LogP contribution >= 0.6 is 23.2 Å². The number of hydrogen-bond acceptors (Lipinski definition) is 2. The second-order valence-corrected chi connectivity index (χ2v) is 5.19. The van der Waals surface area contributed by atoms with Crippen molar-refractivity contribution in [3.05, 3.63) is 58.6 Å². The minimum absolute atomic E-state index is 0.146. The van der Waals surface area contributed by atoms with Crippen molar-refractivity contribution in [2.75, 3.05) is 10.6 Å². The molecule has 0 bridgehead atoms. The lowest BCUT2D eigenvalue weighted by Gasteiger charge is -2.16. The first kappa shape index (κ1) is 14.7. The zero-order valence-corrected chi connectivity index (χ0v) is 12.4. The highest BCUT2D eigenvalue weighted by molar-refractivity contribution is 6.35. The van der Waals surface area contributed by atoms with Crippen molar-refractivity contribution < 1.29 is 4.79 Å². The minimum atomic E-state index is -0.439. The number of benzene rings is 2.